The van der Waals surface area contributed by atoms with Crippen molar-refractivity contribution in [3.8, 4) is 0 Å². The third kappa shape index (κ3) is 1.72. The molecule has 0 aromatic carbocycles. The smallest absolute Gasteiger partial charge is 0.330 e. The number of cyclic esters (lactones) is 1. The highest BCUT2D eigenvalue weighted by Gasteiger charge is 2.69. The molecule has 23 heavy (non-hydrogen) atoms. The van der Waals surface area contributed by atoms with Crippen LogP contribution >= 0.6 is 0 Å². The fourth-order valence-corrected chi connectivity index (χ4v) is 7.51. The van der Waals surface area contributed by atoms with Gasteiger partial charge in [0, 0.05) is 12.0 Å². The molecule has 0 radical (unpaired) electrons. The standard InChI is InChI=1S/C19H24O4/c1-3-14(20)23-19(2)6-9-4-10(7-19)16-12-5-11(15(9)16)13-8-22-18(21)17(12)13/h3,9-13,15-17H,1,4-8H2,2H3. The molecule has 1 saturated heterocycles. The zero-order chi connectivity index (χ0) is 15.9. The second kappa shape index (κ2) is 4.40. The molecule has 5 aliphatic rings. The van der Waals surface area contributed by atoms with Crippen molar-refractivity contribution >= 4 is 11.9 Å². The van der Waals surface area contributed by atoms with Crippen molar-refractivity contribution < 1.29 is 19.1 Å². The summed E-state index contributed by atoms with van der Waals surface area (Å²) < 4.78 is 11.1. The zero-order valence-corrected chi connectivity index (χ0v) is 13.6. The zero-order valence-electron chi connectivity index (χ0n) is 13.6. The predicted octanol–water partition coefficient (Wildman–Crippen LogP) is 2.58. The lowest BCUT2D eigenvalue weighted by Gasteiger charge is -2.38. The Labute approximate surface area is 136 Å². The van der Waals surface area contributed by atoms with E-state index in [1.165, 1.54) is 18.9 Å². The fraction of sp³-hybridized carbons (Fsp3) is 0.789. The minimum absolute atomic E-state index is 0.0586. The van der Waals surface area contributed by atoms with Crippen LogP contribution in [-0.4, -0.2) is 24.1 Å². The summed E-state index contributed by atoms with van der Waals surface area (Å²) in [5.41, 5.74) is -0.349. The number of carbonyl (C=O) groups is 2. The van der Waals surface area contributed by atoms with Crippen LogP contribution in [0, 0.1) is 47.3 Å². The minimum atomic E-state index is -0.349. The predicted molar refractivity (Wildman–Crippen MR) is 82.0 cm³/mol. The van der Waals surface area contributed by atoms with Gasteiger partial charge in [-0.05, 0) is 68.1 Å². The van der Waals surface area contributed by atoms with E-state index >= 15 is 0 Å². The quantitative estimate of drug-likeness (QED) is 0.446. The molecule has 4 nitrogen and oxygen atoms in total. The molecule has 0 N–H and O–H groups in total. The molecule has 9 atom stereocenters. The number of carbonyl (C=O) groups excluding carboxylic acids is 2. The lowest BCUT2D eigenvalue weighted by atomic mass is 9.67. The van der Waals surface area contributed by atoms with Crippen LogP contribution < -0.4 is 0 Å². The maximum Gasteiger partial charge on any atom is 0.330 e. The summed E-state index contributed by atoms with van der Waals surface area (Å²) in [4.78, 5) is 23.8. The highest BCUT2D eigenvalue weighted by atomic mass is 16.6. The summed E-state index contributed by atoms with van der Waals surface area (Å²) in [6.45, 7) is 6.26. The fourth-order valence-electron chi connectivity index (χ4n) is 7.51. The molecule has 4 bridgehead atoms. The maximum absolute atomic E-state index is 12.1. The first-order chi connectivity index (χ1) is 11.0. The van der Waals surface area contributed by atoms with Crippen molar-refractivity contribution in [2.24, 2.45) is 47.3 Å². The third-order valence-corrected chi connectivity index (χ3v) is 7.74. The van der Waals surface area contributed by atoms with Gasteiger partial charge in [0.2, 0.25) is 0 Å². The van der Waals surface area contributed by atoms with Gasteiger partial charge in [0.1, 0.15) is 5.60 Å². The minimum Gasteiger partial charge on any atom is -0.465 e. The van der Waals surface area contributed by atoms with Crippen molar-refractivity contribution in [1.29, 1.82) is 0 Å². The molecule has 124 valence electrons. The van der Waals surface area contributed by atoms with Gasteiger partial charge in [-0.1, -0.05) is 6.58 Å². The number of rotatable bonds is 2. The monoisotopic (exact) mass is 316 g/mol. The van der Waals surface area contributed by atoms with Gasteiger partial charge in [0.25, 0.3) is 0 Å². The largest absolute Gasteiger partial charge is 0.465 e. The van der Waals surface area contributed by atoms with Crippen molar-refractivity contribution in [1.82, 2.24) is 0 Å². The van der Waals surface area contributed by atoms with Crippen LogP contribution in [0.5, 0.6) is 0 Å². The molecule has 5 rings (SSSR count). The molecule has 4 saturated carbocycles. The first-order valence-corrected chi connectivity index (χ1v) is 9.03. The average molecular weight is 316 g/mol. The van der Waals surface area contributed by atoms with Gasteiger partial charge < -0.3 is 9.47 Å². The van der Waals surface area contributed by atoms with E-state index in [-0.39, 0.29) is 23.5 Å². The molecule has 0 spiro atoms. The van der Waals surface area contributed by atoms with E-state index in [4.69, 9.17) is 9.47 Å². The van der Waals surface area contributed by atoms with Crippen LogP contribution in [0.2, 0.25) is 0 Å². The van der Waals surface area contributed by atoms with Crippen LogP contribution in [-0.2, 0) is 19.1 Å². The Morgan fingerprint density at radius 3 is 2.61 bits per heavy atom. The first-order valence-electron chi connectivity index (χ1n) is 9.03. The van der Waals surface area contributed by atoms with E-state index in [1.54, 1.807) is 0 Å². The number of esters is 2. The number of fused-ring (bicyclic) bond motifs is 12. The number of hydrogen-bond acceptors (Lipinski definition) is 4. The molecule has 1 heterocycles. The molecule has 0 aromatic heterocycles. The van der Waals surface area contributed by atoms with E-state index in [0.29, 0.717) is 42.1 Å². The molecule has 5 fully saturated rings. The molecule has 4 aliphatic carbocycles. The van der Waals surface area contributed by atoms with Gasteiger partial charge in [-0.2, -0.15) is 0 Å². The van der Waals surface area contributed by atoms with Gasteiger partial charge in [0.05, 0.1) is 12.5 Å². The maximum atomic E-state index is 12.1. The van der Waals surface area contributed by atoms with Crippen molar-refractivity contribution in [3.63, 3.8) is 0 Å². The summed E-state index contributed by atoms with van der Waals surface area (Å²) in [6, 6.07) is 0. The average Bonchev–Trinajstić information content (AvgIpc) is 3.20. The summed E-state index contributed by atoms with van der Waals surface area (Å²) in [7, 11) is 0. The Bertz CT molecular complexity index is 598. The second-order valence-corrected chi connectivity index (χ2v) is 8.78. The highest BCUT2D eigenvalue weighted by Crippen LogP contribution is 2.71. The summed E-state index contributed by atoms with van der Waals surface area (Å²) in [6.07, 6.45) is 5.68. The van der Waals surface area contributed by atoms with Crippen LogP contribution in [0.3, 0.4) is 0 Å². The van der Waals surface area contributed by atoms with E-state index < -0.39 is 0 Å². The SMILES string of the molecule is C=CC(=O)OC1(C)CC2CC(C1)C1C3CC(C4COC(=O)C43)C21. The van der Waals surface area contributed by atoms with Crippen molar-refractivity contribution in [2.45, 2.75) is 38.2 Å². The molecule has 4 heteroatoms. The Kier molecular flexibility index (Phi) is 2.69. The number of ether oxygens (including phenoxy) is 2. The Balaban J connectivity index is 1.44. The van der Waals surface area contributed by atoms with Gasteiger partial charge in [-0.15, -0.1) is 0 Å². The summed E-state index contributed by atoms with van der Waals surface area (Å²) in [5.74, 6) is 4.21. The van der Waals surface area contributed by atoms with E-state index in [9.17, 15) is 9.59 Å². The van der Waals surface area contributed by atoms with E-state index in [0.717, 1.165) is 18.8 Å². The second-order valence-electron chi connectivity index (χ2n) is 8.78. The highest BCUT2D eigenvalue weighted by molar-refractivity contribution is 5.81. The van der Waals surface area contributed by atoms with Crippen LogP contribution in [0.25, 0.3) is 0 Å². The van der Waals surface area contributed by atoms with Gasteiger partial charge >= 0.3 is 11.9 Å². The van der Waals surface area contributed by atoms with E-state index in [1.807, 2.05) is 0 Å². The molecule has 9 unspecified atom stereocenters. The molecular formula is C19H24O4. The van der Waals surface area contributed by atoms with Crippen LogP contribution in [0.4, 0.5) is 0 Å². The van der Waals surface area contributed by atoms with Gasteiger partial charge in [0.15, 0.2) is 0 Å². The van der Waals surface area contributed by atoms with Crippen molar-refractivity contribution in [3.05, 3.63) is 12.7 Å². The van der Waals surface area contributed by atoms with Crippen LogP contribution in [0.1, 0.15) is 32.6 Å². The molecule has 0 aromatic rings. The summed E-state index contributed by atoms with van der Waals surface area (Å²) >= 11 is 0. The van der Waals surface area contributed by atoms with Crippen LogP contribution in [0.15, 0.2) is 12.7 Å². The molecular weight excluding hydrogens is 292 g/mol. The van der Waals surface area contributed by atoms with E-state index in [2.05, 4.69) is 13.5 Å². The Morgan fingerprint density at radius 2 is 1.91 bits per heavy atom. The third-order valence-electron chi connectivity index (χ3n) is 7.74. The molecule has 0 amide bonds. The normalized spacial score (nSPS) is 55.3. The first kappa shape index (κ1) is 14.1. The number of hydrogen-bond donors (Lipinski definition) is 0. The lowest BCUT2D eigenvalue weighted by molar-refractivity contribution is -0.157. The topological polar surface area (TPSA) is 52.6 Å². The Hall–Kier alpha value is -1.32. The Morgan fingerprint density at radius 1 is 1.22 bits per heavy atom. The summed E-state index contributed by atoms with van der Waals surface area (Å²) in [5, 5.41) is 0. The lowest BCUT2D eigenvalue weighted by Crippen LogP contribution is -2.39. The molecule has 1 aliphatic heterocycles. The van der Waals surface area contributed by atoms with Crippen molar-refractivity contribution in [2.75, 3.05) is 6.61 Å². The van der Waals surface area contributed by atoms with Gasteiger partial charge in [-0.25, -0.2) is 4.79 Å². The van der Waals surface area contributed by atoms with Gasteiger partial charge in [-0.3, -0.25) is 4.79 Å².